The molecule has 0 unspecified atom stereocenters. The highest BCUT2D eigenvalue weighted by Gasteiger charge is 2.45. The third kappa shape index (κ3) is 2.56. The van der Waals surface area contributed by atoms with Crippen LogP contribution in [-0.2, 0) is 14.6 Å². The van der Waals surface area contributed by atoms with Gasteiger partial charge in [0.05, 0.1) is 12.0 Å². The van der Waals surface area contributed by atoms with Crippen molar-refractivity contribution in [2.45, 2.75) is 15.5 Å². The lowest BCUT2D eigenvalue weighted by molar-refractivity contribution is -0.116. The molecule has 7 heteroatoms. The van der Waals surface area contributed by atoms with Crippen LogP contribution >= 0.6 is 23.2 Å². The highest BCUT2D eigenvalue weighted by atomic mass is 35.5. The van der Waals surface area contributed by atoms with Gasteiger partial charge in [0, 0.05) is 0 Å². The number of sulfone groups is 1. The summed E-state index contributed by atoms with van der Waals surface area (Å²) in [5.74, 6) is -0.363. The van der Waals surface area contributed by atoms with Crippen molar-refractivity contribution in [2.75, 3.05) is 7.11 Å². The summed E-state index contributed by atoms with van der Waals surface area (Å²) in [5, 5.41) is 0. The number of methoxy groups -OCH3 is 1. The zero-order valence-electron chi connectivity index (χ0n) is 9.11. The van der Waals surface area contributed by atoms with Gasteiger partial charge in [-0.05, 0) is 31.2 Å². The van der Waals surface area contributed by atoms with Crippen molar-refractivity contribution in [1.29, 1.82) is 0 Å². The first-order valence-electron chi connectivity index (χ1n) is 4.51. The van der Waals surface area contributed by atoms with Crippen molar-refractivity contribution < 1.29 is 17.9 Å². The van der Waals surface area contributed by atoms with Crippen molar-refractivity contribution in [1.82, 2.24) is 0 Å². The van der Waals surface area contributed by atoms with Gasteiger partial charge in [0.25, 0.3) is 3.67 Å². The predicted octanol–water partition coefficient (Wildman–Crippen LogP) is 2.19. The summed E-state index contributed by atoms with van der Waals surface area (Å²) in [6.07, 6.45) is 0. The number of hydrogen-bond donors (Lipinski definition) is 0. The van der Waals surface area contributed by atoms with Crippen LogP contribution in [0.15, 0.2) is 29.2 Å². The Labute approximate surface area is 109 Å². The molecule has 94 valence electrons. The van der Waals surface area contributed by atoms with Crippen LogP contribution in [0.2, 0.25) is 0 Å². The van der Waals surface area contributed by atoms with Crippen LogP contribution in [0.1, 0.15) is 6.92 Å². The molecule has 0 saturated carbocycles. The van der Waals surface area contributed by atoms with Crippen molar-refractivity contribution in [3.63, 3.8) is 0 Å². The zero-order chi connectivity index (χ0) is 13.3. The number of ketones is 1. The summed E-state index contributed by atoms with van der Waals surface area (Å²) in [5.41, 5.74) is 0. The van der Waals surface area contributed by atoms with E-state index in [1.54, 1.807) is 0 Å². The van der Waals surface area contributed by atoms with Crippen LogP contribution in [0.5, 0.6) is 5.75 Å². The van der Waals surface area contributed by atoms with Crippen molar-refractivity contribution in [3.05, 3.63) is 24.3 Å². The van der Waals surface area contributed by atoms with E-state index in [0.29, 0.717) is 5.75 Å². The number of halogens is 2. The Morgan fingerprint density at radius 2 is 1.71 bits per heavy atom. The Morgan fingerprint density at radius 3 is 2.06 bits per heavy atom. The Bertz CT molecular complexity index is 520. The number of carbonyl (C=O) groups excluding carboxylic acids is 1. The van der Waals surface area contributed by atoms with Gasteiger partial charge in [-0.3, -0.25) is 4.79 Å². The first-order valence-corrected chi connectivity index (χ1v) is 6.75. The fraction of sp³-hybridized carbons (Fsp3) is 0.300. The largest absolute Gasteiger partial charge is 0.497 e. The lowest BCUT2D eigenvalue weighted by Gasteiger charge is -2.16. The van der Waals surface area contributed by atoms with E-state index in [9.17, 15) is 13.2 Å². The van der Waals surface area contributed by atoms with Gasteiger partial charge >= 0.3 is 0 Å². The van der Waals surface area contributed by atoms with Gasteiger partial charge in [0.2, 0.25) is 9.84 Å². The van der Waals surface area contributed by atoms with Crippen LogP contribution in [0.25, 0.3) is 0 Å². The lowest BCUT2D eigenvalue weighted by atomic mass is 10.3. The normalized spacial score (nSPS) is 12.2. The molecule has 0 N–H and O–H groups in total. The standard InChI is InChI=1S/C10H10Cl2O4S/c1-7(13)10(11,12)17(14,15)9-5-3-8(16-2)4-6-9/h3-6H,1-2H3/i7+1,10+1. The lowest BCUT2D eigenvalue weighted by Crippen LogP contribution is -2.33. The molecule has 0 fully saturated rings. The molecule has 0 bridgehead atoms. The van der Waals surface area contributed by atoms with E-state index in [2.05, 4.69) is 0 Å². The molecule has 0 aliphatic rings. The first-order chi connectivity index (χ1) is 7.73. The highest BCUT2D eigenvalue weighted by Crippen LogP contribution is 2.35. The topological polar surface area (TPSA) is 60.4 Å². The smallest absolute Gasteiger partial charge is 0.279 e. The maximum absolute atomic E-state index is 12.0. The van der Waals surface area contributed by atoms with E-state index in [1.807, 2.05) is 0 Å². The number of ether oxygens (including phenoxy) is 1. The van der Waals surface area contributed by atoms with Gasteiger partial charge in [-0.25, -0.2) is 8.42 Å². The van der Waals surface area contributed by atoms with Gasteiger partial charge in [-0.15, -0.1) is 0 Å². The predicted molar refractivity (Wildman–Crippen MR) is 65.3 cm³/mol. The molecule has 0 aliphatic carbocycles. The quantitative estimate of drug-likeness (QED) is 0.631. The van der Waals surface area contributed by atoms with E-state index in [4.69, 9.17) is 27.9 Å². The van der Waals surface area contributed by atoms with E-state index in [1.165, 1.54) is 31.4 Å². The number of alkyl halides is 2. The molecule has 1 rings (SSSR count). The summed E-state index contributed by atoms with van der Waals surface area (Å²) < 4.78 is 26.4. The molecule has 0 spiro atoms. The Balaban J connectivity index is 3.27. The second-order valence-corrected chi connectivity index (χ2v) is 7.12. The molecule has 0 aromatic heterocycles. The molecule has 1 aromatic carbocycles. The number of carbonyl (C=O) groups is 1. The molecule has 17 heavy (non-hydrogen) atoms. The fourth-order valence-electron chi connectivity index (χ4n) is 1.09. The van der Waals surface area contributed by atoms with E-state index in [0.717, 1.165) is 6.92 Å². The summed E-state index contributed by atoms with van der Waals surface area (Å²) >= 11 is 11.1. The summed E-state index contributed by atoms with van der Waals surface area (Å²) in [4.78, 5) is 11.0. The van der Waals surface area contributed by atoms with E-state index < -0.39 is 19.3 Å². The number of Topliss-reactive ketones (excluding diaryl/α,β-unsaturated/α-hetero) is 1. The Kier molecular flexibility index (Phi) is 4.06. The average Bonchev–Trinajstić information content (AvgIpc) is 2.28. The molecule has 0 atom stereocenters. The number of hydrogen-bond acceptors (Lipinski definition) is 4. The molecule has 0 radical (unpaired) electrons. The summed E-state index contributed by atoms with van der Waals surface area (Å²) in [6.45, 7) is 1.01. The van der Waals surface area contributed by atoms with Gasteiger partial charge in [-0.2, -0.15) is 0 Å². The Morgan fingerprint density at radius 1 is 1.24 bits per heavy atom. The molecule has 0 saturated heterocycles. The molecular weight excluding hydrogens is 289 g/mol. The second kappa shape index (κ2) is 4.84. The molecule has 4 nitrogen and oxygen atoms in total. The van der Waals surface area contributed by atoms with Crippen LogP contribution in [0.3, 0.4) is 0 Å². The maximum Gasteiger partial charge on any atom is 0.279 e. The van der Waals surface area contributed by atoms with Gasteiger partial charge in [-0.1, -0.05) is 23.2 Å². The zero-order valence-corrected chi connectivity index (χ0v) is 11.4. The van der Waals surface area contributed by atoms with E-state index in [-0.39, 0.29) is 4.90 Å². The summed E-state index contributed by atoms with van der Waals surface area (Å²) in [6, 6.07) is 5.43. The monoisotopic (exact) mass is 298 g/mol. The fourth-order valence-corrected chi connectivity index (χ4v) is 2.80. The minimum atomic E-state index is -4.14. The first kappa shape index (κ1) is 14.3. The molecule has 0 aliphatic heterocycles. The number of benzene rings is 1. The van der Waals surface area contributed by atoms with Crippen LogP contribution in [0, 0.1) is 0 Å². The molecule has 0 amide bonds. The second-order valence-electron chi connectivity index (χ2n) is 3.25. The van der Waals surface area contributed by atoms with Gasteiger partial charge in [0.1, 0.15) is 5.75 Å². The van der Waals surface area contributed by atoms with Gasteiger partial charge in [0.15, 0.2) is 5.78 Å². The maximum atomic E-state index is 12.0. The highest BCUT2D eigenvalue weighted by molar-refractivity contribution is 7.96. The third-order valence-corrected chi connectivity index (χ3v) is 5.72. The summed E-state index contributed by atoms with van der Waals surface area (Å²) in [7, 11) is -2.69. The van der Waals surface area contributed by atoms with Gasteiger partial charge < -0.3 is 4.74 Å². The SMILES string of the molecule is COc1ccc(S(=O)(=O)[13C](Cl)(Cl)[13C](C)=O)cc1. The molecule has 0 heterocycles. The number of rotatable bonds is 4. The minimum Gasteiger partial charge on any atom is -0.497 e. The average molecular weight is 299 g/mol. The van der Waals surface area contributed by atoms with Crippen LogP contribution in [0.4, 0.5) is 0 Å². The minimum absolute atomic E-state index is 0.140. The van der Waals surface area contributed by atoms with Crippen LogP contribution < -0.4 is 4.74 Å². The molecule has 1 aromatic rings. The van der Waals surface area contributed by atoms with Crippen molar-refractivity contribution >= 4 is 38.8 Å². The van der Waals surface area contributed by atoms with Crippen molar-refractivity contribution in [3.8, 4) is 5.75 Å². The Hall–Kier alpha value is -0.780. The van der Waals surface area contributed by atoms with Crippen molar-refractivity contribution in [2.24, 2.45) is 0 Å². The molecular formula is C10H10Cl2O4S. The van der Waals surface area contributed by atoms with E-state index >= 15 is 0 Å². The van der Waals surface area contributed by atoms with Crippen LogP contribution in [-0.4, -0.2) is 25.0 Å². The third-order valence-electron chi connectivity index (χ3n) is 2.12.